The molecule has 0 saturated heterocycles. The summed E-state index contributed by atoms with van der Waals surface area (Å²) >= 11 is 8.10. The molecule has 0 atom stereocenters. The van der Waals surface area contributed by atoms with Crippen molar-refractivity contribution in [2.45, 2.75) is 18.4 Å². The zero-order valence-electron chi connectivity index (χ0n) is 16.2. The molecule has 1 N–H and O–H groups in total. The summed E-state index contributed by atoms with van der Waals surface area (Å²) in [5, 5.41) is 3.64. The third-order valence-corrected chi connectivity index (χ3v) is 5.66. The van der Waals surface area contributed by atoms with Gasteiger partial charge in [0.2, 0.25) is 0 Å². The monoisotopic (exact) mass is 414 g/mol. The number of halogens is 1. The summed E-state index contributed by atoms with van der Waals surface area (Å²) in [5.74, 6) is -0.140. The van der Waals surface area contributed by atoms with Crippen molar-refractivity contribution in [3.8, 4) is 11.3 Å². The number of rotatable bonds is 7. The minimum atomic E-state index is -0.140. The number of methoxy groups -OCH3 is 1. The van der Waals surface area contributed by atoms with Crippen LogP contribution in [0.25, 0.3) is 11.3 Å². The molecule has 3 rings (SSSR count). The number of carbonyl (C=O) groups excluding carboxylic acids is 1. The molecular formula is C22H23ClN2O2S. The second-order valence-electron chi connectivity index (χ2n) is 6.37. The van der Waals surface area contributed by atoms with E-state index in [0.717, 1.165) is 27.4 Å². The van der Waals surface area contributed by atoms with E-state index >= 15 is 0 Å². The Morgan fingerprint density at radius 1 is 1.18 bits per heavy atom. The summed E-state index contributed by atoms with van der Waals surface area (Å²) in [5.41, 5.74) is 4.13. The van der Waals surface area contributed by atoms with E-state index < -0.39 is 0 Å². The van der Waals surface area contributed by atoms with Gasteiger partial charge in [0.1, 0.15) is 0 Å². The number of hydrogen-bond acceptors (Lipinski definition) is 3. The summed E-state index contributed by atoms with van der Waals surface area (Å²) in [6, 6.07) is 15.5. The van der Waals surface area contributed by atoms with Crippen molar-refractivity contribution in [2.24, 2.45) is 0 Å². The SMILES string of the molecule is COCCn1cc(C(=O)Nc2ccc(SC)cc2)c(C)c1-c1ccccc1Cl. The van der Waals surface area contributed by atoms with Crippen LogP contribution >= 0.6 is 23.4 Å². The fourth-order valence-electron chi connectivity index (χ4n) is 3.14. The molecule has 4 nitrogen and oxygen atoms in total. The lowest BCUT2D eigenvalue weighted by Gasteiger charge is -2.11. The minimum Gasteiger partial charge on any atom is -0.383 e. The molecule has 1 amide bonds. The molecule has 0 spiro atoms. The normalized spacial score (nSPS) is 10.9. The molecule has 0 bridgehead atoms. The van der Waals surface area contributed by atoms with Gasteiger partial charge in [-0.15, -0.1) is 11.8 Å². The summed E-state index contributed by atoms with van der Waals surface area (Å²) in [6.45, 7) is 3.13. The van der Waals surface area contributed by atoms with Crippen molar-refractivity contribution in [3.05, 3.63) is 70.9 Å². The fraction of sp³-hybridized carbons (Fsp3) is 0.227. The number of benzene rings is 2. The van der Waals surface area contributed by atoms with E-state index in [0.29, 0.717) is 23.7 Å². The Labute approximate surface area is 174 Å². The van der Waals surface area contributed by atoms with E-state index in [-0.39, 0.29) is 5.91 Å². The summed E-state index contributed by atoms with van der Waals surface area (Å²) < 4.78 is 7.27. The number of nitrogens with zero attached hydrogens (tertiary/aromatic N) is 1. The first-order valence-corrected chi connectivity index (χ1v) is 10.5. The molecule has 1 heterocycles. The summed E-state index contributed by atoms with van der Waals surface area (Å²) in [7, 11) is 1.66. The van der Waals surface area contributed by atoms with Gasteiger partial charge in [0.25, 0.3) is 5.91 Å². The van der Waals surface area contributed by atoms with Crippen LogP contribution in [0.1, 0.15) is 15.9 Å². The van der Waals surface area contributed by atoms with Crippen LogP contribution in [0.3, 0.4) is 0 Å². The maximum Gasteiger partial charge on any atom is 0.257 e. The van der Waals surface area contributed by atoms with Crippen LogP contribution in [0.4, 0.5) is 5.69 Å². The van der Waals surface area contributed by atoms with Crippen LogP contribution < -0.4 is 5.32 Å². The molecule has 1 aromatic heterocycles. The number of nitrogens with one attached hydrogen (secondary N) is 1. The predicted molar refractivity (Wildman–Crippen MR) is 118 cm³/mol. The smallest absolute Gasteiger partial charge is 0.257 e. The van der Waals surface area contributed by atoms with Crippen LogP contribution in [0.2, 0.25) is 5.02 Å². The van der Waals surface area contributed by atoms with Crippen LogP contribution in [0, 0.1) is 6.92 Å². The van der Waals surface area contributed by atoms with Gasteiger partial charge in [-0.2, -0.15) is 0 Å². The Bertz CT molecular complexity index is 967. The van der Waals surface area contributed by atoms with Gasteiger partial charge in [0.15, 0.2) is 0 Å². The van der Waals surface area contributed by atoms with Crippen molar-refractivity contribution in [1.29, 1.82) is 0 Å². The zero-order chi connectivity index (χ0) is 20.1. The first kappa shape index (κ1) is 20.5. The van der Waals surface area contributed by atoms with E-state index in [2.05, 4.69) is 5.32 Å². The molecule has 0 aliphatic heterocycles. The van der Waals surface area contributed by atoms with E-state index in [1.807, 2.05) is 72.5 Å². The van der Waals surface area contributed by atoms with Gasteiger partial charge in [-0.1, -0.05) is 29.8 Å². The van der Waals surface area contributed by atoms with E-state index in [9.17, 15) is 4.79 Å². The summed E-state index contributed by atoms with van der Waals surface area (Å²) in [6.07, 6.45) is 3.90. The Kier molecular flexibility index (Phi) is 6.83. The Hall–Kier alpha value is -2.21. The lowest BCUT2D eigenvalue weighted by molar-refractivity contribution is 0.102. The van der Waals surface area contributed by atoms with Crippen LogP contribution in [-0.4, -0.2) is 30.4 Å². The lowest BCUT2D eigenvalue weighted by atomic mass is 10.1. The third kappa shape index (κ3) is 4.43. The number of amides is 1. The molecular weight excluding hydrogens is 392 g/mol. The van der Waals surface area contributed by atoms with Crippen molar-refractivity contribution < 1.29 is 9.53 Å². The number of anilines is 1. The quantitative estimate of drug-likeness (QED) is 0.501. The molecule has 6 heteroatoms. The number of hydrogen-bond donors (Lipinski definition) is 1. The van der Waals surface area contributed by atoms with Crippen molar-refractivity contribution in [1.82, 2.24) is 4.57 Å². The minimum absolute atomic E-state index is 0.140. The van der Waals surface area contributed by atoms with Crippen LogP contribution in [0.15, 0.2) is 59.6 Å². The lowest BCUT2D eigenvalue weighted by Crippen LogP contribution is -2.12. The molecule has 3 aromatic rings. The molecule has 0 aliphatic rings. The van der Waals surface area contributed by atoms with Crippen LogP contribution in [0.5, 0.6) is 0 Å². The average Bonchev–Trinajstić information content (AvgIpc) is 3.03. The van der Waals surface area contributed by atoms with Gasteiger partial charge < -0.3 is 14.6 Å². The maximum atomic E-state index is 13.0. The highest BCUT2D eigenvalue weighted by Crippen LogP contribution is 2.33. The maximum absolute atomic E-state index is 13.0. The van der Waals surface area contributed by atoms with Crippen molar-refractivity contribution in [2.75, 3.05) is 25.3 Å². The molecule has 0 aliphatic carbocycles. The fourth-order valence-corrected chi connectivity index (χ4v) is 3.77. The second kappa shape index (κ2) is 9.32. The molecule has 0 fully saturated rings. The molecule has 0 saturated carbocycles. The highest BCUT2D eigenvalue weighted by molar-refractivity contribution is 7.98. The second-order valence-corrected chi connectivity index (χ2v) is 7.65. The van der Waals surface area contributed by atoms with Gasteiger partial charge in [-0.25, -0.2) is 0 Å². The number of thioether (sulfide) groups is 1. The van der Waals surface area contributed by atoms with E-state index in [4.69, 9.17) is 16.3 Å². The van der Waals surface area contributed by atoms with Crippen molar-refractivity contribution >= 4 is 35.0 Å². The largest absolute Gasteiger partial charge is 0.383 e. The highest BCUT2D eigenvalue weighted by atomic mass is 35.5. The molecule has 146 valence electrons. The van der Waals surface area contributed by atoms with Gasteiger partial charge >= 0.3 is 0 Å². The number of aromatic nitrogens is 1. The average molecular weight is 415 g/mol. The topological polar surface area (TPSA) is 43.3 Å². The Balaban J connectivity index is 1.96. The van der Waals surface area contributed by atoms with Gasteiger partial charge in [0.05, 0.1) is 17.9 Å². The highest BCUT2D eigenvalue weighted by Gasteiger charge is 2.20. The van der Waals surface area contributed by atoms with E-state index in [1.165, 1.54) is 0 Å². The van der Waals surface area contributed by atoms with Gasteiger partial charge in [-0.3, -0.25) is 4.79 Å². The van der Waals surface area contributed by atoms with Crippen LogP contribution in [-0.2, 0) is 11.3 Å². The number of ether oxygens (including phenoxy) is 1. The number of carbonyl (C=O) groups is 1. The van der Waals surface area contributed by atoms with E-state index in [1.54, 1.807) is 18.9 Å². The molecule has 28 heavy (non-hydrogen) atoms. The Morgan fingerprint density at radius 3 is 2.54 bits per heavy atom. The zero-order valence-corrected chi connectivity index (χ0v) is 17.7. The molecule has 2 aromatic carbocycles. The predicted octanol–water partition coefficient (Wildman–Crippen LogP) is 5.74. The first-order valence-electron chi connectivity index (χ1n) is 8.94. The third-order valence-electron chi connectivity index (χ3n) is 4.59. The van der Waals surface area contributed by atoms with Gasteiger partial charge in [0, 0.05) is 41.0 Å². The standard InChI is InChI=1S/C22H23ClN2O2S/c1-15-19(22(26)24-16-8-10-17(28-3)11-9-16)14-25(12-13-27-2)21(15)18-6-4-5-7-20(18)23/h4-11,14H,12-13H2,1-3H3,(H,24,26). The molecule has 0 radical (unpaired) electrons. The molecule has 0 unspecified atom stereocenters. The van der Waals surface area contributed by atoms with Gasteiger partial charge in [-0.05, 0) is 49.1 Å². The van der Waals surface area contributed by atoms with Crippen molar-refractivity contribution in [3.63, 3.8) is 0 Å². The first-order chi connectivity index (χ1) is 13.5. The summed E-state index contributed by atoms with van der Waals surface area (Å²) in [4.78, 5) is 14.1. The Morgan fingerprint density at radius 2 is 1.89 bits per heavy atom.